The molecule has 0 aromatic heterocycles. The van der Waals surface area contributed by atoms with Crippen LogP contribution >= 0.6 is 7.75 Å². The number of nitrogens with one attached hydrogen (secondary N) is 1. The number of carbonyl (C=O) groups excluding carboxylic acids is 3. The number of carbonyl (C=O) groups is 3. The molecule has 2 heterocycles. The van der Waals surface area contributed by atoms with Gasteiger partial charge in [-0.25, -0.2) is 8.96 Å². The van der Waals surface area contributed by atoms with Gasteiger partial charge in [-0.3, -0.25) is 23.8 Å². The Morgan fingerprint density at radius 1 is 1.29 bits per heavy atom. The number of allylic oxidation sites excluding steroid dienone is 1. The first kappa shape index (κ1) is 30.8. The lowest BCUT2D eigenvalue weighted by atomic mass is 9.93. The third-order valence-electron chi connectivity index (χ3n) is 6.97. The lowest BCUT2D eigenvalue weighted by Gasteiger charge is -2.33. The van der Waals surface area contributed by atoms with Crippen molar-refractivity contribution < 1.29 is 52.1 Å². The summed E-state index contributed by atoms with van der Waals surface area (Å²) < 4.78 is 51.5. The summed E-state index contributed by atoms with van der Waals surface area (Å²) in [6, 6.07) is 6.48. The van der Waals surface area contributed by atoms with Crippen molar-refractivity contribution in [1.29, 1.82) is 0 Å². The Bertz CT molecular complexity index is 1270. The number of terminal acetylenes is 1. The minimum Gasteiger partial charge on any atom is -0.461 e. The van der Waals surface area contributed by atoms with Crippen LogP contribution < -0.4 is 9.61 Å². The van der Waals surface area contributed by atoms with Crippen LogP contribution in [-0.2, 0) is 32.9 Å². The third-order valence-corrected chi connectivity index (χ3v) is 8.59. The predicted octanol–water partition coefficient (Wildman–Crippen LogP) is 2.11. The fraction of sp³-hybridized carbons (Fsp3) is 0.519. The minimum atomic E-state index is -4.60. The van der Waals surface area contributed by atoms with Crippen LogP contribution in [0, 0.1) is 12.3 Å². The number of ether oxygens (including phenoxy) is 2. The van der Waals surface area contributed by atoms with Gasteiger partial charge in [-0.15, -0.1) is 6.42 Å². The first-order valence-corrected chi connectivity index (χ1v) is 14.7. The smallest absolute Gasteiger partial charge is 0.459 e. The lowest BCUT2D eigenvalue weighted by molar-refractivity contribution is -0.210. The number of ketones is 1. The monoisotopic (exact) mass is 594 g/mol. The average Bonchev–Trinajstić information content (AvgIpc) is 3.15. The molecule has 4 rings (SSSR count). The van der Waals surface area contributed by atoms with Crippen molar-refractivity contribution in [3.63, 3.8) is 0 Å². The Hall–Kier alpha value is -3.11. The second-order valence-electron chi connectivity index (χ2n) is 10.1. The van der Waals surface area contributed by atoms with E-state index in [-0.39, 0.29) is 11.9 Å². The van der Waals surface area contributed by atoms with Gasteiger partial charge in [0.2, 0.25) is 11.5 Å². The summed E-state index contributed by atoms with van der Waals surface area (Å²) >= 11 is 0. The Kier molecular flexibility index (Phi) is 9.33. The number of hydrogen-bond acceptors (Lipinski definition) is 10. The number of amides is 1. The van der Waals surface area contributed by atoms with Gasteiger partial charge < -0.3 is 24.2 Å². The van der Waals surface area contributed by atoms with Crippen molar-refractivity contribution in [2.24, 2.45) is 0 Å². The predicted molar refractivity (Wildman–Crippen MR) is 140 cm³/mol. The first-order chi connectivity index (χ1) is 19.4. The number of nitrogens with zero attached hydrogens (tertiary/aromatic N) is 1. The molecule has 1 aromatic rings. The van der Waals surface area contributed by atoms with E-state index in [4.69, 9.17) is 24.9 Å². The number of para-hydroxylation sites is 1. The molecular formula is C27H32FN2O10P. The van der Waals surface area contributed by atoms with Crippen LogP contribution in [0.25, 0.3) is 0 Å². The molecule has 41 heavy (non-hydrogen) atoms. The summed E-state index contributed by atoms with van der Waals surface area (Å²) in [6.45, 7) is 0.0468. The maximum absolute atomic E-state index is 16.1. The number of rotatable bonds is 10. The van der Waals surface area contributed by atoms with Crippen molar-refractivity contribution in [2.75, 3.05) is 6.61 Å². The second-order valence-corrected chi connectivity index (χ2v) is 11.8. The maximum atomic E-state index is 16.1. The standard InChI is InChI=1S/C27H32FN2O10P/c1-3-26(35)24(34)27(28,39-25(26)30-15-14-19(31)16-22(30)32)17-37-41(36,40-21-12-8-5-9-13-21)29-18(2)23(33)38-20-10-6-4-7-11-20/h1,5,8-9,12-15,18,20,24-25,34-35H,4,6-7,10-11,16-17H2,2H3,(H,29,36)/t18-,24-,25+,26+,27+,41?/m0/s1. The van der Waals surface area contributed by atoms with Gasteiger partial charge in [0.25, 0.3) is 5.85 Å². The molecule has 12 nitrogen and oxygen atoms in total. The van der Waals surface area contributed by atoms with Crippen LogP contribution in [0.15, 0.2) is 42.6 Å². The molecule has 0 spiro atoms. The highest BCUT2D eigenvalue weighted by Gasteiger charge is 2.67. The quantitative estimate of drug-likeness (QED) is 0.158. The van der Waals surface area contributed by atoms with E-state index >= 15 is 4.39 Å². The van der Waals surface area contributed by atoms with E-state index < -0.39 is 68.3 Å². The van der Waals surface area contributed by atoms with Gasteiger partial charge in [0, 0.05) is 6.20 Å². The van der Waals surface area contributed by atoms with E-state index in [1.807, 2.05) is 5.92 Å². The average molecular weight is 595 g/mol. The molecule has 1 aromatic carbocycles. The molecule has 14 heteroatoms. The normalized spacial score (nSPS) is 30.9. The number of esters is 1. The molecule has 2 fully saturated rings. The number of alkyl halides is 1. The van der Waals surface area contributed by atoms with E-state index in [0.29, 0.717) is 17.7 Å². The SMILES string of the molecule is C#C[C@]1(O)[C@H](N2C=CC(=O)CC2=O)O[C@](F)(COP(=O)(N[C@@H](C)C(=O)OC2CCCCC2)Oc2ccccc2)[C@H]1O. The van der Waals surface area contributed by atoms with Crippen molar-refractivity contribution in [2.45, 2.75) is 81.4 Å². The van der Waals surface area contributed by atoms with E-state index in [1.165, 1.54) is 19.1 Å². The minimum absolute atomic E-state index is 0.0451. The molecule has 0 bridgehead atoms. The summed E-state index contributed by atoms with van der Waals surface area (Å²) in [6.07, 6.45) is 6.29. The number of hydrogen-bond donors (Lipinski definition) is 3. The maximum Gasteiger partial charge on any atom is 0.459 e. The van der Waals surface area contributed by atoms with Gasteiger partial charge in [0.05, 0.1) is 6.42 Å². The van der Waals surface area contributed by atoms with Crippen LogP contribution in [-0.4, -0.2) is 75.3 Å². The summed E-state index contributed by atoms with van der Waals surface area (Å²) in [5, 5.41) is 24.1. The van der Waals surface area contributed by atoms with E-state index in [9.17, 15) is 29.2 Å². The van der Waals surface area contributed by atoms with Gasteiger partial charge in [0.15, 0.2) is 18.1 Å². The number of benzene rings is 1. The fourth-order valence-corrected chi connectivity index (χ4v) is 6.22. The van der Waals surface area contributed by atoms with Crippen molar-refractivity contribution >= 4 is 25.4 Å². The van der Waals surface area contributed by atoms with Gasteiger partial charge in [-0.1, -0.05) is 30.5 Å². The molecule has 0 radical (unpaired) electrons. The Morgan fingerprint density at radius 3 is 2.61 bits per heavy atom. The van der Waals surface area contributed by atoms with Crippen LogP contribution in [0.4, 0.5) is 4.39 Å². The Labute approximate surface area is 236 Å². The van der Waals surface area contributed by atoms with Crippen molar-refractivity contribution in [3.05, 3.63) is 42.6 Å². The molecule has 1 amide bonds. The molecule has 1 saturated heterocycles. The Morgan fingerprint density at radius 2 is 1.98 bits per heavy atom. The molecule has 3 aliphatic rings. The molecule has 222 valence electrons. The molecule has 3 N–H and O–H groups in total. The van der Waals surface area contributed by atoms with Crippen LogP contribution in [0.1, 0.15) is 45.4 Å². The molecule has 2 aliphatic heterocycles. The van der Waals surface area contributed by atoms with Gasteiger partial charge in [-0.05, 0) is 50.8 Å². The van der Waals surface area contributed by atoms with Gasteiger partial charge in [0.1, 0.15) is 24.5 Å². The second kappa shape index (κ2) is 12.4. The summed E-state index contributed by atoms with van der Waals surface area (Å²) in [7, 11) is -4.60. The van der Waals surface area contributed by atoms with Crippen LogP contribution in [0.3, 0.4) is 0 Å². The highest BCUT2D eigenvalue weighted by molar-refractivity contribution is 7.52. The number of halogens is 1. The highest BCUT2D eigenvalue weighted by Crippen LogP contribution is 2.49. The molecular weight excluding hydrogens is 562 g/mol. The summed E-state index contributed by atoms with van der Waals surface area (Å²) in [5.41, 5.74) is -2.78. The highest BCUT2D eigenvalue weighted by atomic mass is 31.2. The van der Waals surface area contributed by atoms with Gasteiger partial charge in [-0.2, -0.15) is 5.09 Å². The number of aliphatic hydroxyl groups excluding tert-OH is 1. The van der Waals surface area contributed by atoms with Crippen molar-refractivity contribution in [1.82, 2.24) is 9.99 Å². The van der Waals surface area contributed by atoms with Crippen molar-refractivity contribution in [3.8, 4) is 18.1 Å². The van der Waals surface area contributed by atoms with E-state index in [1.54, 1.807) is 18.2 Å². The first-order valence-electron chi connectivity index (χ1n) is 13.1. The zero-order chi connectivity index (χ0) is 29.8. The zero-order valence-corrected chi connectivity index (χ0v) is 23.2. The molecule has 1 unspecified atom stereocenters. The summed E-state index contributed by atoms with van der Waals surface area (Å²) in [4.78, 5) is 37.4. The number of aliphatic hydroxyl groups is 2. The fourth-order valence-electron chi connectivity index (χ4n) is 4.71. The molecule has 1 saturated carbocycles. The van der Waals surface area contributed by atoms with Gasteiger partial charge >= 0.3 is 13.7 Å². The summed E-state index contributed by atoms with van der Waals surface area (Å²) in [5.74, 6) is -3.55. The van der Waals surface area contributed by atoms with Crippen LogP contribution in [0.5, 0.6) is 5.75 Å². The van der Waals surface area contributed by atoms with E-state index in [0.717, 1.165) is 31.5 Å². The zero-order valence-electron chi connectivity index (χ0n) is 22.3. The van der Waals surface area contributed by atoms with Crippen LogP contribution in [0.2, 0.25) is 0 Å². The topological polar surface area (TPSA) is 161 Å². The van der Waals surface area contributed by atoms with E-state index in [2.05, 4.69) is 5.09 Å². The third kappa shape index (κ3) is 6.86. The molecule has 1 aliphatic carbocycles. The molecule has 6 atom stereocenters. The Balaban J connectivity index is 1.53. The largest absolute Gasteiger partial charge is 0.461 e. The lowest BCUT2D eigenvalue weighted by Crippen LogP contribution is -2.56.